The fourth-order valence-electron chi connectivity index (χ4n) is 0.895. The van der Waals surface area contributed by atoms with E-state index in [0.29, 0.717) is 0 Å². The maximum Gasteiger partial charge on any atom is 0.163 e. The number of nitriles is 1. The van der Waals surface area contributed by atoms with Gasteiger partial charge in [0, 0.05) is 11.6 Å². The van der Waals surface area contributed by atoms with Crippen molar-refractivity contribution < 1.29 is 14.6 Å². The van der Waals surface area contributed by atoms with E-state index < -0.39 is 17.3 Å². The number of aromatic hydroxyl groups is 2. The summed E-state index contributed by atoms with van der Waals surface area (Å²) in [6, 6.07) is 2.53. The molecule has 0 amide bonds. The van der Waals surface area contributed by atoms with Gasteiger partial charge in [0.05, 0.1) is 17.0 Å². The molecule has 1 rings (SSSR count). The third kappa shape index (κ3) is 1.73. The van der Waals surface area contributed by atoms with Crippen LogP contribution in [0.15, 0.2) is 10.5 Å². The Morgan fingerprint density at radius 1 is 1.54 bits per heavy atom. The van der Waals surface area contributed by atoms with Crippen LogP contribution in [-0.2, 0) is 6.42 Å². The van der Waals surface area contributed by atoms with Gasteiger partial charge in [-0.2, -0.15) is 5.26 Å². The predicted molar refractivity (Wildman–Crippen MR) is 46.7 cm³/mol. The molecule has 0 saturated heterocycles. The largest absolute Gasteiger partial charge is 0.504 e. The Bertz CT molecular complexity index is 360. The van der Waals surface area contributed by atoms with Crippen molar-refractivity contribution in [1.29, 1.82) is 5.26 Å². The molecular formula is C8H5BrFNO2. The van der Waals surface area contributed by atoms with Crippen molar-refractivity contribution in [1.82, 2.24) is 0 Å². The molecular weight excluding hydrogens is 241 g/mol. The number of phenols is 2. The van der Waals surface area contributed by atoms with Crippen LogP contribution in [0.25, 0.3) is 0 Å². The van der Waals surface area contributed by atoms with Crippen LogP contribution in [0.1, 0.15) is 5.56 Å². The number of nitrogens with zero attached hydrogens (tertiary/aromatic N) is 1. The molecule has 0 unspecified atom stereocenters. The SMILES string of the molecule is N#CCc1c(O)c(O)cc(F)c1Br. The summed E-state index contributed by atoms with van der Waals surface area (Å²) < 4.78 is 12.9. The van der Waals surface area contributed by atoms with Gasteiger partial charge >= 0.3 is 0 Å². The first kappa shape index (κ1) is 9.81. The maximum atomic E-state index is 12.9. The number of rotatable bonds is 1. The molecule has 5 heteroatoms. The molecule has 0 radical (unpaired) electrons. The Labute approximate surface area is 82.2 Å². The Morgan fingerprint density at radius 2 is 2.15 bits per heavy atom. The molecule has 1 aromatic rings. The number of hydrogen-bond donors (Lipinski definition) is 2. The summed E-state index contributed by atoms with van der Waals surface area (Å²) in [7, 11) is 0. The zero-order valence-electron chi connectivity index (χ0n) is 6.38. The van der Waals surface area contributed by atoms with Crippen molar-refractivity contribution >= 4 is 15.9 Å². The van der Waals surface area contributed by atoms with Gasteiger partial charge in [0.1, 0.15) is 5.82 Å². The van der Waals surface area contributed by atoms with Gasteiger partial charge in [0.15, 0.2) is 11.5 Å². The summed E-state index contributed by atoms with van der Waals surface area (Å²) in [5, 5.41) is 26.6. The van der Waals surface area contributed by atoms with E-state index in [1.165, 1.54) is 0 Å². The molecule has 0 aliphatic carbocycles. The van der Waals surface area contributed by atoms with E-state index in [1.54, 1.807) is 6.07 Å². The van der Waals surface area contributed by atoms with Crippen molar-refractivity contribution in [2.75, 3.05) is 0 Å². The molecule has 2 N–H and O–H groups in total. The normalized spacial score (nSPS) is 9.62. The van der Waals surface area contributed by atoms with Crippen LogP contribution < -0.4 is 0 Å². The van der Waals surface area contributed by atoms with Crippen LogP contribution in [0, 0.1) is 17.1 Å². The molecule has 0 heterocycles. The van der Waals surface area contributed by atoms with Gasteiger partial charge in [-0.3, -0.25) is 0 Å². The van der Waals surface area contributed by atoms with Crippen LogP contribution in [0.5, 0.6) is 11.5 Å². The summed E-state index contributed by atoms with van der Waals surface area (Å²) in [6.45, 7) is 0. The third-order valence-electron chi connectivity index (χ3n) is 1.52. The number of hydrogen-bond acceptors (Lipinski definition) is 3. The summed E-state index contributed by atoms with van der Waals surface area (Å²) in [5.74, 6) is -1.73. The number of benzene rings is 1. The molecule has 0 aliphatic rings. The molecule has 0 aliphatic heterocycles. The second kappa shape index (κ2) is 3.62. The van der Waals surface area contributed by atoms with E-state index in [1.807, 2.05) is 0 Å². The Kier molecular flexibility index (Phi) is 2.73. The number of halogens is 2. The minimum atomic E-state index is -0.708. The lowest BCUT2D eigenvalue weighted by Crippen LogP contribution is -1.89. The minimum Gasteiger partial charge on any atom is -0.504 e. The Hall–Kier alpha value is -1.28. The molecule has 0 saturated carbocycles. The monoisotopic (exact) mass is 245 g/mol. The van der Waals surface area contributed by atoms with Crippen molar-refractivity contribution in [3.63, 3.8) is 0 Å². The van der Waals surface area contributed by atoms with Gasteiger partial charge in [-0.25, -0.2) is 4.39 Å². The van der Waals surface area contributed by atoms with Crippen LogP contribution in [0.4, 0.5) is 4.39 Å². The molecule has 0 fully saturated rings. The number of phenolic OH excluding ortho intramolecular Hbond substituents is 2. The van der Waals surface area contributed by atoms with E-state index in [9.17, 15) is 9.50 Å². The van der Waals surface area contributed by atoms with Crippen molar-refractivity contribution in [3.05, 3.63) is 21.9 Å². The van der Waals surface area contributed by atoms with Crippen molar-refractivity contribution in [3.8, 4) is 17.6 Å². The molecule has 0 atom stereocenters. The van der Waals surface area contributed by atoms with Crippen molar-refractivity contribution in [2.24, 2.45) is 0 Å². The van der Waals surface area contributed by atoms with Crippen LogP contribution >= 0.6 is 15.9 Å². The van der Waals surface area contributed by atoms with Gasteiger partial charge in [0.2, 0.25) is 0 Å². The van der Waals surface area contributed by atoms with Gasteiger partial charge in [-0.1, -0.05) is 0 Å². The summed E-state index contributed by atoms with van der Waals surface area (Å²) in [5.41, 5.74) is 0.0556. The predicted octanol–water partition coefficient (Wildman–Crippen LogP) is 2.07. The van der Waals surface area contributed by atoms with Crippen LogP contribution in [-0.4, -0.2) is 10.2 Å². The fraction of sp³-hybridized carbons (Fsp3) is 0.125. The molecule has 0 bridgehead atoms. The van der Waals surface area contributed by atoms with Crippen LogP contribution in [0.2, 0.25) is 0 Å². The molecule has 1 aromatic carbocycles. The summed E-state index contributed by atoms with van der Waals surface area (Å²) in [6.07, 6.45) is -0.169. The van der Waals surface area contributed by atoms with E-state index in [-0.39, 0.29) is 16.5 Å². The highest BCUT2D eigenvalue weighted by Gasteiger charge is 2.15. The lowest BCUT2D eigenvalue weighted by Gasteiger charge is -2.06. The Balaban J connectivity index is 3.39. The molecule has 13 heavy (non-hydrogen) atoms. The quantitative estimate of drug-likeness (QED) is 0.745. The molecule has 0 aromatic heterocycles. The highest BCUT2D eigenvalue weighted by atomic mass is 79.9. The average Bonchev–Trinajstić information content (AvgIpc) is 2.09. The lowest BCUT2D eigenvalue weighted by molar-refractivity contribution is 0.395. The first-order valence-electron chi connectivity index (χ1n) is 3.33. The highest BCUT2D eigenvalue weighted by molar-refractivity contribution is 9.10. The second-order valence-corrected chi connectivity index (χ2v) is 3.15. The Morgan fingerprint density at radius 3 is 2.69 bits per heavy atom. The van der Waals surface area contributed by atoms with Gasteiger partial charge in [-0.15, -0.1) is 0 Å². The molecule has 68 valence electrons. The zero-order valence-corrected chi connectivity index (χ0v) is 7.97. The lowest BCUT2D eigenvalue weighted by atomic mass is 10.1. The summed E-state index contributed by atoms with van der Waals surface area (Å²) >= 11 is 2.87. The topological polar surface area (TPSA) is 64.2 Å². The average molecular weight is 246 g/mol. The highest BCUT2D eigenvalue weighted by Crippen LogP contribution is 2.36. The van der Waals surface area contributed by atoms with E-state index in [2.05, 4.69) is 15.9 Å². The van der Waals surface area contributed by atoms with E-state index in [0.717, 1.165) is 6.07 Å². The first-order valence-corrected chi connectivity index (χ1v) is 4.13. The third-order valence-corrected chi connectivity index (χ3v) is 2.38. The molecule has 0 spiro atoms. The summed E-state index contributed by atoms with van der Waals surface area (Å²) in [4.78, 5) is 0. The van der Waals surface area contributed by atoms with Gasteiger partial charge in [0.25, 0.3) is 0 Å². The fourth-order valence-corrected chi connectivity index (χ4v) is 1.34. The smallest absolute Gasteiger partial charge is 0.163 e. The van der Waals surface area contributed by atoms with E-state index in [4.69, 9.17) is 10.4 Å². The minimum absolute atomic E-state index is 0.00403. The van der Waals surface area contributed by atoms with Crippen molar-refractivity contribution in [2.45, 2.75) is 6.42 Å². The van der Waals surface area contributed by atoms with Gasteiger partial charge < -0.3 is 10.2 Å². The first-order chi connectivity index (χ1) is 6.07. The van der Waals surface area contributed by atoms with E-state index >= 15 is 0 Å². The van der Waals surface area contributed by atoms with Gasteiger partial charge in [-0.05, 0) is 15.9 Å². The zero-order chi connectivity index (χ0) is 10.0. The molecule has 3 nitrogen and oxygen atoms in total. The maximum absolute atomic E-state index is 12.9. The second-order valence-electron chi connectivity index (χ2n) is 2.35. The standard InChI is InChI=1S/C8H5BrFNO2/c9-7-4(1-2-11)8(13)6(12)3-5(7)10/h3,12-13H,1H2. The van der Waals surface area contributed by atoms with Crippen LogP contribution in [0.3, 0.4) is 0 Å².